The predicted molar refractivity (Wildman–Crippen MR) is 95.1 cm³/mol. The first-order chi connectivity index (χ1) is 9.88. The third kappa shape index (κ3) is 15.8. The van der Waals surface area contributed by atoms with E-state index in [1.54, 1.807) is 23.3 Å². The third-order valence-electron chi connectivity index (χ3n) is 2.97. The Balaban J connectivity index is -0.000000315. The molecule has 6 heteroatoms. The van der Waals surface area contributed by atoms with Crippen molar-refractivity contribution in [3.63, 3.8) is 0 Å². The van der Waals surface area contributed by atoms with Crippen molar-refractivity contribution >= 4 is 15.2 Å². The standard InChI is InChI=1S/C10H17OSi.C7H9.2ClH.H2Si.Zr/c1-12(2,3)11-9-8-10-6-4-5-7-10;1-6-4-3-5-7(6)2;;;;/h4-7H,8-9H2,1-3H3;3-5H,1-2H3;2*1H;1H2;/q2*-1;;;;+2/p-2. The van der Waals surface area contributed by atoms with Crippen molar-refractivity contribution in [1.82, 2.24) is 0 Å². The first kappa shape index (κ1) is 28.4. The maximum atomic E-state index is 5.74. The molecule has 0 N–H and O–H groups in total. The molecule has 2 aromatic carbocycles. The second-order valence-corrected chi connectivity index (χ2v) is 10.4. The van der Waals surface area contributed by atoms with Crippen LogP contribution in [-0.2, 0) is 34.2 Å². The molecule has 0 aliphatic heterocycles. The van der Waals surface area contributed by atoms with Gasteiger partial charge in [0.15, 0.2) is 8.32 Å². The molecule has 0 aliphatic rings. The first-order valence-electron chi connectivity index (χ1n) is 7.27. The van der Waals surface area contributed by atoms with E-state index in [1.807, 2.05) is 6.88 Å². The molecule has 0 atom stereocenters. The van der Waals surface area contributed by atoms with E-state index in [0.29, 0.717) is 0 Å². The topological polar surface area (TPSA) is 9.23 Å². The molecule has 0 aliphatic carbocycles. The molecule has 23 heavy (non-hydrogen) atoms. The van der Waals surface area contributed by atoms with E-state index in [4.69, 9.17) is 4.43 Å². The van der Waals surface area contributed by atoms with Crippen LogP contribution in [0.25, 0.3) is 0 Å². The molecule has 0 radical (unpaired) electrons. The summed E-state index contributed by atoms with van der Waals surface area (Å²) >= 11 is 1.58. The molecule has 1 nitrogen and oxygen atoms in total. The maximum absolute atomic E-state index is 5.74. The van der Waals surface area contributed by atoms with Gasteiger partial charge in [0, 0.05) is 6.61 Å². The summed E-state index contributed by atoms with van der Waals surface area (Å²) in [5, 5.41) is 0. The van der Waals surface area contributed by atoms with Crippen LogP contribution in [0, 0.1) is 13.8 Å². The van der Waals surface area contributed by atoms with Crippen molar-refractivity contribution in [3.05, 3.63) is 59.2 Å². The molecule has 0 amide bonds. The van der Waals surface area contributed by atoms with Gasteiger partial charge in [-0.1, -0.05) is 20.3 Å². The number of rotatable bonds is 4. The normalized spacial score (nSPS) is 9.35. The quantitative estimate of drug-likeness (QED) is 0.371. The minimum absolute atomic E-state index is 0. The van der Waals surface area contributed by atoms with Crippen molar-refractivity contribution in [3.8, 4) is 0 Å². The fourth-order valence-electron chi connectivity index (χ4n) is 1.66. The molecule has 0 saturated heterocycles. The Morgan fingerprint density at radius 2 is 1.83 bits per heavy atom. The van der Waals surface area contributed by atoms with Crippen LogP contribution < -0.4 is 24.8 Å². The van der Waals surface area contributed by atoms with Crippen LogP contribution in [0.4, 0.5) is 0 Å². The van der Waals surface area contributed by atoms with Crippen LogP contribution >= 0.6 is 0 Å². The van der Waals surface area contributed by atoms with Gasteiger partial charge in [0.1, 0.15) is 0 Å². The first-order valence-corrected chi connectivity index (χ1v) is 16.6. The summed E-state index contributed by atoms with van der Waals surface area (Å²) < 4.78 is 5.74. The summed E-state index contributed by atoms with van der Waals surface area (Å²) in [6, 6.07) is 14.8. The fraction of sp³-hybridized carbons (Fsp3) is 0.412. The molecule has 0 aromatic heterocycles. The van der Waals surface area contributed by atoms with Crippen LogP contribution in [0.3, 0.4) is 0 Å². The number of aryl methyl sites for hydroxylation is 2. The van der Waals surface area contributed by atoms with Crippen LogP contribution in [0.2, 0.25) is 19.6 Å². The second kappa shape index (κ2) is 16.0. The molecule has 130 valence electrons. The summed E-state index contributed by atoms with van der Waals surface area (Å²) in [7, 11) is -1.29. The van der Waals surface area contributed by atoms with Gasteiger partial charge in [0.2, 0.25) is 0 Å². The number of hydrogen-bond acceptors (Lipinski definition) is 1. The number of halogens is 2. The van der Waals surface area contributed by atoms with E-state index in [0.717, 1.165) is 13.0 Å². The van der Waals surface area contributed by atoms with Crippen LogP contribution in [0.15, 0.2) is 42.5 Å². The molecule has 0 bridgehead atoms. The molecule has 2 rings (SSSR count). The van der Waals surface area contributed by atoms with Crippen molar-refractivity contribution in [2.45, 2.75) is 39.9 Å². The van der Waals surface area contributed by atoms with E-state index in [-0.39, 0.29) is 24.8 Å². The summed E-state index contributed by atoms with van der Waals surface area (Å²) in [6.45, 7) is 13.7. The third-order valence-corrected chi connectivity index (χ3v) is 4.04. The summed E-state index contributed by atoms with van der Waals surface area (Å²) in [5.74, 6) is 0. The molecule has 2 aromatic rings. The van der Waals surface area contributed by atoms with Gasteiger partial charge in [-0.25, -0.2) is 18.2 Å². The van der Waals surface area contributed by atoms with E-state index in [2.05, 4.69) is 76.0 Å². The van der Waals surface area contributed by atoms with E-state index in [9.17, 15) is 0 Å². The zero-order valence-corrected chi connectivity index (χ0v) is 21.2. The SMILES string of the molecule is C[Si](C)(C)OCCc1cc[cH-]c1.Cc1ccc[c-]1C.[Cl-].[Cl-].[SiH2]=[Zr+2]. The molecule has 0 spiro atoms. The van der Waals surface area contributed by atoms with E-state index >= 15 is 0 Å². The molecule has 0 saturated carbocycles. The Hall–Kier alpha value is 0.557. The number of hydrogen-bond donors (Lipinski definition) is 0. The van der Waals surface area contributed by atoms with E-state index < -0.39 is 8.32 Å². The van der Waals surface area contributed by atoms with Crippen molar-refractivity contribution in [2.24, 2.45) is 0 Å². The molecule has 0 unspecified atom stereocenters. The average Bonchev–Trinajstić information content (AvgIpc) is 3.05. The summed E-state index contributed by atoms with van der Waals surface area (Å²) in [6.07, 6.45) is 1.05. The van der Waals surface area contributed by atoms with Crippen LogP contribution in [-0.4, -0.2) is 21.8 Å². The monoisotopic (exact) mass is 464 g/mol. The van der Waals surface area contributed by atoms with E-state index in [1.165, 1.54) is 16.7 Å². The van der Waals surface area contributed by atoms with Gasteiger partial charge in [0.05, 0.1) is 0 Å². The van der Waals surface area contributed by atoms with Crippen molar-refractivity contribution in [1.29, 1.82) is 0 Å². The zero-order chi connectivity index (χ0) is 16.3. The molecular formula is C17H28Cl2OSi2Zr-2. The Labute approximate surface area is 172 Å². The van der Waals surface area contributed by atoms with Gasteiger partial charge < -0.3 is 29.2 Å². The minimum atomic E-state index is -1.29. The van der Waals surface area contributed by atoms with Crippen LogP contribution in [0.1, 0.15) is 16.7 Å². The molecular weight excluding hydrogens is 438 g/mol. The van der Waals surface area contributed by atoms with Gasteiger partial charge in [0.25, 0.3) is 0 Å². The van der Waals surface area contributed by atoms with Crippen molar-refractivity contribution < 1.29 is 52.6 Å². The zero-order valence-electron chi connectivity index (χ0n) is 14.8. The fourth-order valence-corrected chi connectivity index (χ4v) is 2.37. The second-order valence-electron chi connectivity index (χ2n) is 5.90. The predicted octanol–water partition coefficient (Wildman–Crippen LogP) is -2.09. The van der Waals surface area contributed by atoms with Gasteiger partial charge in [-0.15, -0.1) is 0 Å². The Bertz CT molecular complexity index is 462. The molecule has 0 heterocycles. The van der Waals surface area contributed by atoms with Crippen LogP contribution in [0.5, 0.6) is 0 Å². The average molecular weight is 467 g/mol. The van der Waals surface area contributed by atoms with Crippen molar-refractivity contribution in [2.75, 3.05) is 6.61 Å². The summed E-state index contributed by atoms with van der Waals surface area (Å²) in [4.78, 5) is 0. The Morgan fingerprint density at radius 3 is 2.13 bits per heavy atom. The van der Waals surface area contributed by atoms with Gasteiger partial charge in [-0.05, 0) is 19.6 Å². The Kier molecular flexibility index (Phi) is 19.8. The van der Waals surface area contributed by atoms with Gasteiger partial charge in [-0.3, -0.25) is 0 Å². The van der Waals surface area contributed by atoms with Gasteiger partial charge >= 0.3 is 30.2 Å². The summed E-state index contributed by atoms with van der Waals surface area (Å²) in [5.41, 5.74) is 4.16. The van der Waals surface area contributed by atoms with Gasteiger partial charge in [-0.2, -0.15) is 41.0 Å². The molecule has 0 fully saturated rings. The Morgan fingerprint density at radius 1 is 1.22 bits per heavy atom.